The number of nitrogens with zero attached hydrogens (tertiary/aromatic N) is 3. The predicted octanol–water partition coefficient (Wildman–Crippen LogP) is 2.12. The molecule has 0 aliphatic carbocycles. The molecule has 1 N–H and O–H groups in total. The number of hydrogen-bond donors (Lipinski definition) is 1. The summed E-state index contributed by atoms with van der Waals surface area (Å²) in [4.78, 5) is 15.3. The molecule has 0 radical (unpaired) electrons. The molecule has 6 nitrogen and oxygen atoms in total. The van der Waals surface area contributed by atoms with Gasteiger partial charge in [-0.05, 0) is 38.1 Å². The van der Waals surface area contributed by atoms with Crippen LogP contribution in [0, 0.1) is 5.82 Å². The second-order valence-corrected chi connectivity index (χ2v) is 6.86. The number of carbonyl (C=O) groups excluding carboxylic acids is 1. The van der Waals surface area contributed by atoms with Gasteiger partial charge < -0.3 is 15.0 Å². The summed E-state index contributed by atoms with van der Waals surface area (Å²) >= 11 is 0. The van der Waals surface area contributed by atoms with Crippen molar-refractivity contribution >= 4 is 18.3 Å². The first-order valence-corrected chi connectivity index (χ1v) is 9.07. The number of amides is 1. The first kappa shape index (κ1) is 19.8. The van der Waals surface area contributed by atoms with Crippen molar-refractivity contribution in [1.82, 2.24) is 20.0 Å². The lowest BCUT2D eigenvalue weighted by Crippen LogP contribution is -2.57. The molecule has 2 saturated heterocycles. The zero-order chi connectivity index (χ0) is 18.0. The van der Waals surface area contributed by atoms with Gasteiger partial charge in [0.2, 0.25) is 0 Å². The normalized spacial score (nSPS) is 22.1. The summed E-state index contributed by atoms with van der Waals surface area (Å²) in [5.41, 5.74) is -0.172. The third kappa shape index (κ3) is 3.72. The Morgan fingerprint density at radius 1 is 1.26 bits per heavy atom. The minimum Gasteiger partial charge on any atom is -0.370 e. The van der Waals surface area contributed by atoms with Crippen molar-refractivity contribution in [2.24, 2.45) is 0 Å². The SMILES string of the molecule is Cl.O=C(N1CCOC(c2ccccc2F)C1)C1(n2cccn2)CCNCC1. The van der Waals surface area contributed by atoms with Gasteiger partial charge in [0.1, 0.15) is 17.5 Å². The van der Waals surface area contributed by atoms with Crippen LogP contribution in [0.4, 0.5) is 4.39 Å². The van der Waals surface area contributed by atoms with Crippen LogP contribution < -0.4 is 5.32 Å². The van der Waals surface area contributed by atoms with Crippen LogP contribution in [0.5, 0.6) is 0 Å². The molecule has 4 rings (SSSR count). The van der Waals surface area contributed by atoms with E-state index in [4.69, 9.17) is 4.74 Å². The average molecular weight is 395 g/mol. The zero-order valence-corrected chi connectivity index (χ0v) is 15.8. The van der Waals surface area contributed by atoms with E-state index in [2.05, 4.69) is 10.4 Å². The third-order valence-corrected chi connectivity index (χ3v) is 5.38. The molecule has 146 valence electrons. The number of piperidine rings is 1. The minimum atomic E-state index is -0.675. The van der Waals surface area contributed by atoms with Crippen LogP contribution in [0.15, 0.2) is 42.7 Å². The summed E-state index contributed by atoms with van der Waals surface area (Å²) in [5.74, 6) is -0.247. The fourth-order valence-corrected chi connectivity index (χ4v) is 3.96. The van der Waals surface area contributed by atoms with E-state index in [1.807, 2.05) is 17.2 Å². The van der Waals surface area contributed by atoms with Gasteiger partial charge in [0.25, 0.3) is 5.91 Å². The van der Waals surface area contributed by atoms with E-state index >= 15 is 0 Å². The first-order chi connectivity index (χ1) is 12.7. The fraction of sp³-hybridized carbons (Fsp3) is 0.474. The van der Waals surface area contributed by atoms with Gasteiger partial charge in [-0.25, -0.2) is 4.39 Å². The Morgan fingerprint density at radius 2 is 2.04 bits per heavy atom. The maximum absolute atomic E-state index is 14.1. The number of nitrogens with one attached hydrogen (secondary N) is 1. The molecular weight excluding hydrogens is 371 g/mol. The molecule has 27 heavy (non-hydrogen) atoms. The highest BCUT2D eigenvalue weighted by Gasteiger charge is 2.45. The lowest BCUT2D eigenvalue weighted by Gasteiger charge is -2.42. The second kappa shape index (κ2) is 8.37. The van der Waals surface area contributed by atoms with Crippen molar-refractivity contribution < 1.29 is 13.9 Å². The molecular formula is C19H24ClFN4O2. The van der Waals surface area contributed by atoms with Crippen molar-refractivity contribution in [3.63, 3.8) is 0 Å². The molecule has 2 fully saturated rings. The number of aromatic nitrogens is 2. The van der Waals surface area contributed by atoms with Crippen LogP contribution in [-0.4, -0.2) is 53.4 Å². The lowest BCUT2D eigenvalue weighted by molar-refractivity contribution is -0.151. The van der Waals surface area contributed by atoms with E-state index in [-0.39, 0.29) is 24.1 Å². The topological polar surface area (TPSA) is 59.4 Å². The Bertz CT molecular complexity index is 765. The van der Waals surface area contributed by atoms with Gasteiger partial charge in [0.05, 0.1) is 13.2 Å². The van der Waals surface area contributed by atoms with E-state index in [1.54, 1.807) is 29.1 Å². The fourth-order valence-electron chi connectivity index (χ4n) is 3.96. The molecule has 1 amide bonds. The number of ether oxygens (including phenoxy) is 1. The summed E-state index contributed by atoms with van der Waals surface area (Å²) in [6.45, 7) is 2.81. The highest BCUT2D eigenvalue weighted by atomic mass is 35.5. The Kier molecular flexibility index (Phi) is 6.14. The third-order valence-electron chi connectivity index (χ3n) is 5.38. The summed E-state index contributed by atoms with van der Waals surface area (Å²) in [6.07, 6.45) is 4.51. The van der Waals surface area contributed by atoms with Crippen LogP contribution in [0.3, 0.4) is 0 Å². The van der Waals surface area contributed by atoms with Crippen LogP contribution in [0.25, 0.3) is 0 Å². The predicted molar refractivity (Wildman–Crippen MR) is 101 cm³/mol. The van der Waals surface area contributed by atoms with Gasteiger partial charge >= 0.3 is 0 Å². The van der Waals surface area contributed by atoms with E-state index in [0.717, 1.165) is 13.1 Å². The van der Waals surface area contributed by atoms with Gasteiger partial charge in [0, 0.05) is 24.5 Å². The van der Waals surface area contributed by atoms with Crippen molar-refractivity contribution in [3.05, 3.63) is 54.1 Å². The van der Waals surface area contributed by atoms with Crippen molar-refractivity contribution in [2.45, 2.75) is 24.5 Å². The van der Waals surface area contributed by atoms with Gasteiger partial charge in [0.15, 0.2) is 0 Å². The number of rotatable bonds is 3. The molecule has 1 unspecified atom stereocenters. The Morgan fingerprint density at radius 3 is 2.74 bits per heavy atom. The smallest absolute Gasteiger partial charge is 0.250 e. The summed E-state index contributed by atoms with van der Waals surface area (Å²) < 4.78 is 21.7. The Hall–Kier alpha value is -1.96. The van der Waals surface area contributed by atoms with E-state index in [9.17, 15) is 9.18 Å². The van der Waals surface area contributed by atoms with Crippen molar-refractivity contribution in [3.8, 4) is 0 Å². The molecule has 0 bridgehead atoms. The van der Waals surface area contributed by atoms with Crippen LogP contribution in [0.2, 0.25) is 0 Å². The van der Waals surface area contributed by atoms with Gasteiger partial charge in [-0.3, -0.25) is 9.48 Å². The van der Waals surface area contributed by atoms with E-state index in [1.165, 1.54) is 6.07 Å². The lowest BCUT2D eigenvalue weighted by atomic mass is 9.86. The molecule has 2 aliphatic rings. The highest BCUT2D eigenvalue weighted by Crippen LogP contribution is 2.32. The number of hydrogen-bond acceptors (Lipinski definition) is 4. The average Bonchev–Trinajstić information content (AvgIpc) is 3.24. The Balaban J connectivity index is 0.00000210. The van der Waals surface area contributed by atoms with Gasteiger partial charge in [-0.1, -0.05) is 18.2 Å². The molecule has 0 saturated carbocycles. The van der Waals surface area contributed by atoms with Gasteiger partial charge in [-0.15, -0.1) is 12.4 Å². The monoisotopic (exact) mass is 394 g/mol. The molecule has 2 aliphatic heterocycles. The second-order valence-electron chi connectivity index (χ2n) is 6.86. The van der Waals surface area contributed by atoms with Crippen molar-refractivity contribution in [1.29, 1.82) is 0 Å². The molecule has 2 aromatic rings. The zero-order valence-electron chi connectivity index (χ0n) is 15.0. The van der Waals surface area contributed by atoms with E-state index in [0.29, 0.717) is 38.1 Å². The Labute approximate surface area is 164 Å². The minimum absolute atomic E-state index is 0. The molecule has 1 aromatic heterocycles. The molecule has 1 aromatic carbocycles. The van der Waals surface area contributed by atoms with Crippen LogP contribution in [0.1, 0.15) is 24.5 Å². The summed E-state index contributed by atoms with van der Waals surface area (Å²) in [6, 6.07) is 8.45. The maximum Gasteiger partial charge on any atom is 0.250 e. The van der Waals surface area contributed by atoms with E-state index < -0.39 is 11.6 Å². The number of morpholine rings is 1. The first-order valence-electron chi connectivity index (χ1n) is 9.07. The summed E-state index contributed by atoms with van der Waals surface area (Å²) in [7, 11) is 0. The highest BCUT2D eigenvalue weighted by molar-refractivity contribution is 5.85. The number of carbonyl (C=O) groups is 1. The maximum atomic E-state index is 14.1. The molecule has 0 spiro atoms. The molecule has 8 heteroatoms. The summed E-state index contributed by atoms with van der Waals surface area (Å²) in [5, 5.41) is 7.68. The largest absolute Gasteiger partial charge is 0.370 e. The number of halogens is 2. The number of benzene rings is 1. The molecule has 1 atom stereocenters. The van der Waals surface area contributed by atoms with Crippen molar-refractivity contribution in [2.75, 3.05) is 32.8 Å². The van der Waals surface area contributed by atoms with Crippen LogP contribution >= 0.6 is 12.4 Å². The quantitative estimate of drug-likeness (QED) is 0.866. The van der Waals surface area contributed by atoms with Gasteiger partial charge in [-0.2, -0.15) is 5.10 Å². The molecule has 3 heterocycles. The van der Waals surface area contributed by atoms with Crippen LogP contribution in [-0.2, 0) is 15.1 Å². The standard InChI is InChI=1S/C19H23FN4O2.ClH/c20-16-5-2-1-4-15(16)17-14-23(12-13-26-17)18(25)19(6-9-21-10-7-19)24-11-3-8-22-24;/h1-5,8,11,17,21H,6-7,9-10,12-14H2;1H.